The highest BCUT2D eigenvalue weighted by Gasteiger charge is 2.42. The summed E-state index contributed by atoms with van der Waals surface area (Å²) < 4.78 is 4.76. The van der Waals surface area contributed by atoms with Gasteiger partial charge in [0.05, 0.1) is 55.0 Å². The van der Waals surface area contributed by atoms with E-state index in [2.05, 4.69) is 87.0 Å². The Morgan fingerprint density at radius 2 is 1.41 bits per heavy atom. The van der Waals surface area contributed by atoms with Crippen LogP contribution in [0.15, 0.2) is 103 Å². The number of aromatic amines is 2. The van der Waals surface area contributed by atoms with Crippen molar-refractivity contribution < 1.29 is 19.1 Å². The van der Waals surface area contributed by atoms with Crippen LogP contribution in [0.25, 0.3) is 44.4 Å². The van der Waals surface area contributed by atoms with Crippen LogP contribution < -0.4 is 5.32 Å². The number of nitriles is 1. The van der Waals surface area contributed by atoms with E-state index in [-0.39, 0.29) is 42.3 Å². The number of benzene rings is 4. The highest BCUT2D eigenvalue weighted by Crippen LogP contribution is 2.38. The molecule has 0 radical (unpaired) electrons. The van der Waals surface area contributed by atoms with Gasteiger partial charge in [0.1, 0.15) is 23.7 Å². The number of carbonyl (C=O) groups is 3. The number of nitrogens with zero attached hydrogens (tertiary/aromatic N) is 6. The second-order valence-corrected chi connectivity index (χ2v) is 16.6. The summed E-state index contributed by atoms with van der Waals surface area (Å²) in [4.78, 5) is 61.8. The Morgan fingerprint density at radius 1 is 0.803 bits per heavy atom. The number of H-pyrrole nitrogens is 2. The molecule has 13 heteroatoms. The minimum Gasteiger partial charge on any atom is -0.453 e. The van der Waals surface area contributed by atoms with Gasteiger partial charge in [-0.05, 0) is 84.4 Å². The van der Waals surface area contributed by atoms with Gasteiger partial charge in [-0.1, -0.05) is 92.7 Å². The van der Waals surface area contributed by atoms with E-state index in [4.69, 9.17) is 9.72 Å². The SMILES string of the molecule is COC(=O)NC(C(=O)N1CC(C#N)C[C@H]1c1ncc(-c2ccc3cc(-c4ccc(-c5cnc([C@@H]6CCCN6C(=O)[C@@H](c6ccccc6)N(C)C)[nH]5)cc4)ccc3c2)[nH]1)C(C)C. The minimum absolute atomic E-state index is 0.0902. The van der Waals surface area contributed by atoms with E-state index >= 15 is 0 Å². The molecule has 2 aliphatic heterocycles. The van der Waals surface area contributed by atoms with E-state index in [1.54, 1.807) is 11.1 Å². The van der Waals surface area contributed by atoms with Gasteiger partial charge in [0.25, 0.3) is 0 Å². The number of carbonyl (C=O) groups excluding carboxylic acids is 3. The second-order valence-electron chi connectivity index (χ2n) is 16.6. The Kier molecular flexibility index (Phi) is 11.7. The first-order valence-electron chi connectivity index (χ1n) is 20.8. The normalized spacial score (nSPS) is 18.7. The lowest BCUT2D eigenvalue weighted by Crippen LogP contribution is -2.51. The molecule has 5 atom stereocenters. The molecule has 13 nitrogen and oxygen atoms in total. The van der Waals surface area contributed by atoms with Crippen LogP contribution in [-0.4, -0.2) is 92.9 Å². The minimum atomic E-state index is -0.801. The zero-order valence-corrected chi connectivity index (χ0v) is 35.1. The van der Waals surface area contributed by atoms with Crippen LogP contribution in [0.1, 0.15) is 68.4 Å². The first kappa shape index (κ1) is 41.0. The van der Waals surface area contributed by atoms with Crippen molar-refractivity contribution >= 4 is 28.7 Å². The van der Waals surface area contributed by atoms with Gasteiger partial charge in [0.15, 0.2) is 0 Å². The molecule has 0 aliphatic carbocycles. The van der Waals surface area contributed by atoms with Gasteiger partial charge in [-0.25, -0.2) is 14.8 Å². The van der Waals surface area contributed by atoms with E-state index in [1.165, 1.54) is 7.11 Å². The number of hydrogen-bond donors (Lipinski definition) is 3. The molecule has 2 aromatic heterocycles. The molecule has 6 aromatic rings. The molecule has 4 aromatic carbocycles. The van der Waals surface area contributed by atoms with Crippen molar-refractivity contribution in [2.45, 2.75) is 57.3 Å². The maximum atomic E-state index is 13.9. The van der Waals surface area contributed by atoms with Gasteiger partial charge in [-0.3, -0.25) is 14.5 Å². The fraction of sp³-hybridized carbons (Fsp3) is 0.333. The molecule has 4 heterocycles. The Bertz CT molecular complexity index is 2580. The number of nitrogens with one attached hydrogen (secondary N) is 3. The molecule has 0 saturated carbocycles. The van der Waals surface area contributed by atoms with Crippen molar-refractivity contribution in [3.8, 4) is 39.7 Å². The number of aromatic nitrogens is 4. The lowest BCUT2D eigenvalue weighted by atomic mass is 9.98. The van der Waals surface area contributed by atoms with E-state index in [0.29, 0.717) is 18.8 Å². The summed E-state index contributed by atoms with van der Waals surface area (Å²) in [6.07, 6.45) is 5.18. The number of ether oxygens (including phenoxy) is 1. The number of imidazole rings is 2. The average molecular weight is 818 g/mol. The average Bonchev–Trinajstić information content (AvgIpc) is 4.12. The molecule has 2 unspecified atom stereocenters. The van der Waals surface area contributed by atoms with Crippen LogP contribution in [0.2, 0.25) is 0 Å². The predicted octanol–water partition coefficient (Wildman–Crippen LogP) is 8.05. The molecule has 2 saturated heterocycles. The summed E-state index contributed by atoms with van der Waals surface area (Å²) in [6.45, 7) is 4.67. The zero-order valence-electron chi connectivity index (χ0n) is 35.1. The zero-order chi connectivity index (χ0) is 42.8. The largest absolute Gasteiger partial charge is 0.453 e. The fourth-order valence-electron chi connectivity index (χ4n) is 8.82. The Balaban J connectivity index is 0.956. The lowest BCUT2D eigenvalue weighted by Gasteiger charge is -2.31. The number of rotatable bonds is 11. The Morgan fingerprint density at radius 3 is 2.05 bits per heavy atom. The van der Waals surface area contributed by atoms with Gasteiger partial charge in [-0.15, -0.1) is 0 Å². The number of methoxy groups -OCH3 is 1. The number of fused-ring (bicyclic) bond motifs is 1. The van der Waals surface area contributed by atoms with Crippen LogP contribution in [-0.2, 0) is 14.3 Å². The molecule has 0 bridgehead atoms. The second kappa shape index (κ2) is 17.4. The van der Waals surface area contributed by atoms with E-state index < -0.39 is 18.2 Å². The molecule has 0 spiro atoms. The number of alkyl carbamates (subject to hydrolysis) is 1. The first-order chi connectivity index (χ1) is 29.5. The number of amides is 3. The van der Waals surface area contributed by atoms with Crippen molar-refractivity contribution in [2.24, 2.45) is 11.8 Å². The summed E-state index contributed by atoms with van der Waals surface area (Å²) in [5.41, 5.74) is 6.84. The van der Waals surface area contributed by atoms with Crippen molar-refractivity contribution in [3.05, 3.63) is 121 Å². The maximum Gasteiger partial charge on any atom is 0.407 e. The molecule has 2 fully saturated rings. The van der Waals surface area contributed by atoms with Gasteiger partial charge in [0, 0.05) is 18.7 Å². The Hall–Kier alpha value is -6.78. The van der Waals surface area contributed by atoms with E-state index in [1.807, 2.05) is 74.3 Å². The van der Waals surface area contributed by atoms with Gasteiger partial charge < -0.3 is 29.8 Å². The van der Waals surface area contributed by atoms with Crippen LogP contribution >= 0.6 is 0 Å². The Labute approximate surface area is 355 Å². The third-order valence-corrected chi connectivity index (χ3v) is 12.1. The van der Waals surface area contributed by atoms with Crippen LogP contribution in [0.3, 0.4) is 0 Å². The molecular formula is C48H51N9O4. The molecule has 3 amide bonds. The summed E-state index contributed by atoms with van der Waals surface area (Å²) >= 11 is 0. The third kappa shape index (κ3) is 8.36. The van der Waals surface area contributed by atoms with E-state index in [9.17, 15) is 19.6 Å². The third-order valence-electron chi connectivity index (χ3n) is 12.1. The highest BCUT2D eigenvalue weighted by molar-refractivity contribution is 5.91. The fourth-order valence-corrected chi connectivity index (χ4v) is 8.82. The molecule has 2 aliphatic rings. The number of likely N-dealkylation sites (tertiary alicyclic amines) is 2. The van der Waals surface area contributed by atoms with Crippen LogP contribution in [0, 0.1) is 23.2 Å². The standard InChI is InChI=1S/C48H51N9O4/c1-29(2)42(54-48(60)61-5)46(58)57-28-30(25-49)22-41(57)45-51-27-39(53-45)37-20-19-35-23-34(17-18-36(35)24-37)31-13-15-32(16-14-31)38-26-50-44(52-38)40-12-9-21-56(40)47(59)43(55(3)4)33-10-7-6-8-11-33/h6-8,10-11,13-20,23-24,26-27,29-30,40-43H,9,12,21-22,28H2,1-5H3,(H,50,52)(H,51,53)(H,54,60)/t30?,40-,41-,42?,43+/m0/s1. The van der Waals surface area contributed by atoms with Crippen molar-refractivity contribution in [1.29, 1.82) is 5.26 Å². The smallest absolute Gasteiger partial charge is 0.407 e. The van der Waals surface area contributed by atoms with Crippen LogP contribution in [0.5, 0.6) is 0 Å². The van der Waals surface area contributed by atoms with Crippen molar-refractivity contribution in [1.82, 2.24) is 40.0 Å². The van der Waals surface area contributed by atoms with Gasteiger partial charge in [0.2, 0.25) is 11.8 Å². The number of hydrogen-bond acceptors (Lipinski definition) is 8. The van der Waals surface area contributed by atoms with Crippen molar-refractivity contribution in [3.63, 3.8) is 0 Å². The summed E-state index contributed by atoms with van der Waals surface area (Å²) in [5.74, 6) is 0.679. The van der Waals surface area contributed by atoms with Crippen LogP contribution in [0.4, 0.5) is 4.79 Å². The number of likely N-dealkylation sites (N-methyl/N-ethyl adjacent to an activating group) is 1. The first-order valence-corrected chi connectivity index (χ1v) is 20.8. The van der Waals surface area contributed by atoms with Gasteiger partial charge >= 0.3 is 6.09 Å². The van der Waals surface area contributed by atoms with Gasteiger partial charge in [-0.2, -0.15) is 5.26 Å². The molecule has 3 N–H and O–H groups in total. The quantitative estimate of drug-likeness (QED) is 0.118. The summed E-state index contributed by atoms with van der Waals surface area (Å²) in [7, 11) is 5.16. The lowest BCUT2D eigenvalue weighted by molar-refractivity contribution is -0.137. The highest BCUT2D eigenvalue weighted by atomic mass is 16.5. The monoisotopic (exact) mass is 817 g/mol. The summed E-state index contributed by atoms with van der Waals surface area (Å²) in [5, 5.41) is 14.6. The van der Waals surface area contributed by atoms with E-state index in [0.717, 1.165) is 68.6 Å². The molecular weight excluding hydrogens is 767 g/mol. The summed E-state index contributed by atoms with van der Waals surface area (Å²) in [6, 6.07) is 31.7. The molecule has 8 rings (SSSR count). The molecule has 312 valence electrons. The topological polar surface area (TPSA) is 163 Å². The maximum absolute atomic E-state index is 13.9. The predicted molar refractivity (Wildman–Crippen MR) is 233 cm³/mol. The van der Waals surface area contributed by atoms with Crippen molar-refractivity contribution in [2.75, 3.05) is 34.3 Å². The molecule has 61 heavy (non-hydrogen) atoms.